The molecule has 0 saturated heterocycles. The van der Waals surface area contributed by atoms with Crippen LogP contribution in [0.25, 0.3) is 0 Å². The normalized spacial score (nSPS) is 13.1. The number of nitrogens with zero attached hydrogens (tertiary/aromatic N) is 2. The summed E-state index contributed by atoms with van der Waals surface area (Å²) in [5, 5.41) is 12.0. The molecule has 2 aromatic carbocycles. The molecule has 0 saturated carbocycles. The Morgan fingerprint density at radius 2 is 1.96 bits per heavy atom. The fraction of sp³-hybridized carbons (Fsp3) is 0.263. The molecule has 0 aromatic heterocycles. The molecule has 1 aliphatic rings. The number of nitrogens with two attached hydrogens (primary N) is 1. The minimum atomic E-state index is 0. The van der Waals surface area contributed by atoms with Crippen molar-refractivity contribution in [3.05, 3.63) is 53.6 Å². The summed E-state index contributed by atoms with van der Waals surface area (Å²) in [6, 6.07) is 15.2. The van der Waals surface area contributed by atoms with Crippen LogP contribution in [0.3, 0.4) is 0 Å². The number of halogens is 1. The van der Waals surface area contributed by atoms with Gasteiger partial charge in [0.1, 0.15) is 0 Å². The molecule has 0 fully saturated rings. The first-order chi connectivity index (χ1) is 12.2. The highest BCUT2D eigenvalue weighted by atomic mass is 127. The lowest BCUT2D eigenvalue weighted by Crippen LogP contribution is -2.23. The summed E-state index contributed by atoms with van der Waals surface area (Å²) in [5.74, 6) is 1.80. The Balaban J connectivity index is 0.00000243. The summed E-state index contributed by atoms with van der Waals surface area (Å²) in [7, 11) is 0. The van der Waals surface area contributed by atoms with E-state index in [9.17, 15) is 0 Å². The molecule has 0 aliphatic carbocycles. The molecule has 0 unspecified atom stereocenters. The molecule has 2 aromatic rings. The fourth-order valence-corrected chi connectivity index (χ4v) is 2.53. The van der Waals surface area contributed by atoms with Gasteiger partial charge in [0.25, 0.3) is 0 Å². The van der Waals surface area contributed by atoms with E-state index in [0.29, 0.717) is 37.0 Å². The van der Waals surface area contributed by atoms with Crippen LogP contribution in [-0.2, 0) is 6.42 Å². The number of aliphatic imine (C=N–C) groups is 1. The molecule has 0 atom stereocenters. The van der Waals surface area contributed by atoms with Crippen molar-refractivity contribution in [2.45, 2.75) is 12.8 Å². The SMILES string of the molecule is I.N#Cc1cccc(CCN=C(N)Nc2ccc3c(c2)OCCCO3)c1. The van der Waals surface area contributed by atoms with E-state index in [4.69, 9.17) is 20.5 Å². The maximum Gasteiger partial charge on any atom is 0.193 e. The molecule has 0 radical (unpaired) electrons. The first-order valence-corrected chi connectivity index (χ1v) is 8.20. The summed E-state index contributed by atoms with van der Waals surface area (Å²) in [6.45, 7) is 1.84. The van der Waals surface area contributed by atoms with Gasteiger partial charge in [-0.3, -0.25) is 4.99 Å². The molecule has 0 amide bonds. The highest BCUT2D eigenvalue weighted by Gasteiger charge is 2.10. The van der Waals surface area contributed by atoms with Gasteiger partial charge in [-0.25, -0.2) is 0 Å². The van der Waals surface area contributed by atoms with Gasteiger partial charge in [-0.05, 0) is 36.2 Å². The number of guanidine groups is 1. The molecule has 26 heavy (non-hydrogen) atoms. The summed E-state index contributed by atoms with van der Waals surface area (Å²) < 4.78 is 11.3. The molecule has 3 rings (SSSR count). The second-order valence-corrected chi connectivity index (χ2v) is 5.67. The van der Waals surface area contributed by atoms with Crippen LogP contribution in [0.5, 0.6) is 11.5 Å². The maximum atomic E-state index is 8.91. The third-order valence-electron chi connectivity index (χ3n) is 3.76. The largest absolute Gasteiger partial charge is 0.490 e. The van der Waals surface area contributed by atoms with Gasteiger partial charge in [0, 0.05) is 24.7 Å². The van der Waals surface area contributed by atoms with Crippen LogP contribution in [0.15, 0.2) is 47.5 Å². The Morgan fingerprint density at radius 1 is 1.15 bits per heavy atom. The number of nitriles is 1. The molecular formula is C19H21IN4O2. The zero-order valence-electron chi connectivity index (χ0n) is 14.3. The molecule has 136 valence electrons. The van der Waals surface area contributed by atoms with Crippen molar-refractivity contribution in [1.82, 2.24) is 0 Å². The van der Waals surface area contributed by atoms with Crippen LogP contribution >= 0.6 is 24.0 Å². The standard InChI is InChI=1S/C19H20N4O2.HI/c20-13-15-4-1-3-14(11-15)7-8-22-19(21)23-16-5-6-17-18(12-16)25-10-2-9-24-17;/h1,3-6,11-12H,2,7-10H2,(H3,21,22,23);1H. The first kappa shape index (κ1) is 19.8. The molecule has 0 bridgehead atoms. The van der Waals surface area contributed by atoms with Crippen LogP contribution < -0.4 is 20.5 Å². The Labute approximate surface area is 170 Å². The number of nitrogens with one attached hydrogen (secondary N) is 1. The number of hydrogen-bond donors (Lipinski definition) is 2. The van der Waals surface area contributed by atoms with E-state index in [2.05, 4.69) is 16.4 Å². The smallest absolute Gasteiger partial charge is 0.193 e. The molecule has 1 aliphatic heterocycles. The lowest BCUT2D eigenvalue weighted by molar-refractivity contribution is 0.297. The first-order valence-electron chi connectivity index (χ1n) is 8.20. The van der Waals surface area contributed by atoms with Crippen molar-refractivity contribution >= 4 is 35.6 Å². The van der Waals surface area contributed by atoms with Crippen molar-refractivity contribution in [2.75, 3.05) is 25.1 Å². The number of ether oxygens (including phenoxy) is 2. The van der Waals surface area contributed by atoms with Gasteiger partial charge in [-0.1, -0.05) is 12.1 Å². The number of fused-ring (bicyclic) bond motifs is 1. The number of hydrogen-bond acceptors (Lipinski definition) is 4. The van der Waals surface area contributed by atoms with E-state index in [0.717, 1.165) is 29.8 Å². The van der Waals surface area contributed by atoms with E-state index in [-0.39, 0.29) is 24.0 Å². The third-order valence-corrected chi connectivity index (χ3v) is 3.76. The van der Waals surface area contributed by atoms with E-state index in [1.807, 2.05) is 36.4 Å². The van der Waals surface area contributed by atoms with Crippen LogP contribution in [0.2, 0.25) is 0 Å². The van der Waals surface area contributed by atoms with Crippen LogP contribution in [0, 0.1) is 11.3 Å². The van der Waals surface area contributed by atoms with Gasteiger partial charge in [-0.2, -0.15) is 5.26 Å². The predicted molar refractivity (Wildman–Crippen MR) is 112 cm³/mol. The fourth-order valence-electron chi connectivity index (χ4n) is 2.53. The molecular weight excluding hydrogens is 443 g/mol. The summed E-state index contributed by atoms with van der Waals surface area (Å²) >= 11 is 0. The quantitative estimate of drug-likeness (QED) is 0.412. The van der Waals surface area contributed by atoms with Crippen molar-refractivity contribution in [3.63, 3.8) is 0 Å². The molecule has 0 spiro atoms. The van der Waals surface area contributed by atoms with Crippen molar-refractivity contribution in [1.29, 1.82) is 5.26 Å². The zero-order valence-corrected chi connectivity index (χ0v) is 16.6. The highest BCUT2D eigenvalue weighted by Crippen LogP contribution is 2.32. The van der Waals surface area contributed by atoms with Gasteiger partial charge in [0.15, 0.2) is 17.5 Å². The van der Waals surface area contributed by atoms with E-state index in [1.165, 1.54) is 0 Å². The highest BCUT2D eigenvalue weighted by molar-refractivity contribution is 14.0. The van der Waals surface area contributed by atoms with Crippen LogP contribution in [-0.4, -0.2) is 25.7 Å². The minimum absolute atomic E-state index is 0. The number of rotatable bonds is 4. The minimum Gasteiger partial charge on any atom is -0.490 e. The van der Waals surface area contributed by atoms with E-state index in [1.54, 1.807) is 6.07 Å². The maximum absolute atomic E-state index is 8.91. The van der Waals surface area contributed by atoms with Crippen LogP contribution in [0.1, 0.15) is 17.5 Å². The van der Waals surface area contributed by atoms with Crippen molar-refractivity contribution in [2.24, 2.45) is 10.7 Å². The lowest BCUT2D eigenvalue weighted by atomic mass is 10.1. The second kappa shape index (κ2) is 9.87. The van der Waals surface area contributed by atoms with E-state index >= 15 is 0 Å². The Hall–Kier alpha value is -2.47. The second-order valence-electron chi connectivity index (χ2n) is 5.67. The van der Waals surface area contributed by atoms with Gasteiger partial charge >= 0.3 is 0 Å². The number of benzene rings is 2. The third kappa shape index (κ3) is 5.52. The summed E-state index contributed by atoms with van der Waals surface area (Å²) in [6.07, 6.45) is 1.59. The van der Waals surface area contributed by atoms with Crippen molar-refractivity contribution < 1.29 is 9.47 Å². The summed E-state index contributed by atoms with van der Waals surface area (Å²) in [5.41, 5.74) is 8.46. The zero-order chi connectivity index (χ0) is 17.5. The van der Waals surface area contributed by atoms with Gasteiger partial charge in [0.2, 0.25) is 0 Å². The average molecular weight is 464 g/mol. The van der Waals surface area contributed by atoms with Gasteiger partial charge in [0.05, 0.1) is 24.8 Å². The average Bonchev–Trinajstić information content (AvgIpc) is 2.87. The Bertz CT molecular complexity index is 817. The van der Waals surface area contributed by atoms with E-state index < -0.39 is 0 Å². The Morgan fingerprint density at radius 3 is 2.77 bits per heavy atom. The van der Waals surface area contributed by atoms with Gasteiger partial charge < -0.3 is 20.5 Å². The topological polar surface area (TPSA) is 92.7 Å². The molecule has 3 N–H and O–H groups in total. The molecule has 7 heteroatoms. The van der Waals surface area contributed by atoms with Gasteiger partial charge in [-0.15, -0.1) is 24.0 Å². The monoisotopic (exact) mass is 464 g/mol. The van der Waals surface area contributed by atoms with Crippen molar-refractivity contribution in [3.8, 4) is 17.6 Å². The summed E-state index contributed by atoms with van der Waals surface area (Å²) in [4.78, 5) is 4.33. The Kier molecular flexibility index (Phi) is 7.53. The predicted octanol–water partition coefficient (Wildman–Crippen LogP) is 3.31. The number of anilines is 1. The van der Waals surface area contributed by atoms with Crippen LogP contribution in [0.4, 0.5) is 5.69 Å². The molecule has 6 nitrogen and oxygen atoms in total. The lowest BCUT2D eigenvalue weighted by Gasteiger charge is -2.10. The molecule has 1 heterocycles.